The van der Waals surface area contributed by atoms with Crippen LogP contribution in [0.25, 0.3) is 0 Å². The minimum absolute atomic E-state index is 0.0288. The molecule has 2 N–H and O–H groups in total. The molecule has 0 saturated carbocycles. The summed E-state index contributed by atoms with van der Waals surface area (Å²) in [5.41, 5.74) is -0.206. The molecule has 4 aromatic carbocycles. The van der Waals surface area contributed by atoms with Crippen molar-refractivity contribution in [3.63, 3.8) is 0 Å². The van der Waals surface area contributed by atoms with Gasteiger partial charge in [0.05, 0.1) is 31.8 Å². The lowest BCUT2D eigenvalue weighted by molar-refractivity contribution is -0.165. The summed E-state index contributed by atoms with van der Waals surface area (Å²) in [4.78, 5) is 133. The molecule has 1 unspecified atom stereocenters. The number of nitrogens with zero attached hydrogens (tertiary/aromatic N) is 4. The van der Waals surface area contributed by atoms with E-state index in [0.717, 1.165) is 21.4 Å². The van der Waals surface area contributed by atoms with E-state index in [1.54, 1.807) is 87.5 Å². The number of fused-ring (bicyclic) bond motifs is 3. The average Bonchev–Trinajstić information content (AvgIpc) is 3.68. The normalized spacial score (nSPS) is 22.3. The van der Waals surface area contributed by atoms with E-state index in [4.69, 9.17) is 28.4 Å². The fraction of sp³-hybridized carbons (Fsp3) is 0.470. The largest absolute Gasteiger partial charge is 0.493 e. The highest BCUT2D eigenvalue weighted by Crippen LogP contribution is 2.33. The van der Waals surface area contributed by atoms with E-state index in [0.29, 0.717) is 47.5 Å². The average molecular weight is 1220 g/mol. The van der Waals surface area contributed by atoms with Crippen molar-refractivity contribution < 1.29 is 76.0 Å². The van der Waals surface area contributed by atoms with Crippen LogP contribution in [-0.4, -0.2) is 171 Å². The van der Waals surface area contributed by atoms with Gasteiger partial charge in [-0.2, -0.15) is 0 Å². The topological polar surface area (TPSA) is 246 Å². The molecule has 0 aliphatic carbocycles. The minimum atomic E-state index is -1.54. The monoisotopic (exact) mass is 1220 g/mol. The quantitative estimate of drug-likeness (QED) is 0.128. The number of aryl methyl sites for hydroxylation is 1. The number of Topliss-reactive ketones (excluding diaryl/α,β-unsaturated/α-hetero) is 1. The van der Waals surface area contributed by atoms with Crippen LogP contribution in [0.3, 0.4) is 0 Å². The number of carbonyl (C=O) groups is 9. The van der Waals surface area contributed by atoms with Gasteiger partial charge in [-0.15, -0.1) is 0 Å². The first-order chi connectivity index (χ1) is 41.7. The number of amides is 6. The molecule has 474 valence electrons. The number of nitrogens with one attached hydrogen (secondary N) is 2. The van der Waals surface area contributed by atoms with Crippen LogP contribution in [0.5, 0.6) is 17.2 Å². The Balaban J connectivity index is 1.34. The van der Waals surface area contributed by atoms with Crippen molar-refractivity contribution in [2.75, 3.05) is 68.3 Å². The summed E-state index contributed by atoms with van der Waals surface area (Å²) < 4.78 is 49.1. The van der Waals surface area contributed by atoms with E-state index in [1.807, 2.05) is 6.07 Å². The molecular weight excluding hydrogens is 1140 g/mol. The molecule has 6 amide bonds. The van der Waals surface area contributed by atoms with Gasteiger partial charge in [-0.1, -0.05) is 66.7 Å². The maximum Gasteiger partial charge on any atom is 0.330 e. The number of benzene rings is 4. The van der Waals surface area contributed by atoms with Crippen molar-refractivity contribution in [2.45, 2.75) is 128 Å². The zero-order valence-corrected chi connectivity index (χ0v) is 52.1. The molecule has 4 aromatic rings. The summed E-state index contributed by atoms with van der Waals surface area (Å²) in [5, 5.41) is 5.61. The third-order valence-corrected chi connectivity index (χ3v) is 15.5. The molecule has 2 aliphatic heterocycles. The Morgan fingerprint density at radius 3 is 2.09 bits per heavy atom. The van der Waals surface area contributed by atoms with Gasteiger partial charge in [0.15, 0.2) is 18.1 Å². The van der Waals surface area contributed by atoms with E-state index in [2.05, 4.69) is 10.6 Å². The maximum absolute atomic E-state index is 15.0. The van der Waals surface area contributed by atoms with Crippen molar-refractivity contribution >= 4 is 53.2 Å². The Morgan fingerprint density at radius 1 is 0.727 bits per heavy atom. The van der Waals surface area contributed by atoms with Crippen LogP contribution in [0.15, 0.2) is 109 Å². The number of likely N-dealkylation sites (N-methyl/N-ethyl adjacent to an activating group) is 3. The number of piperidine rings is 1. The second-order valence-corrected chi connectivity index (χ2v) is 23.6. The van der Waals surface area contributed by atoms with E-state index < -0.39 is 120 Å². The van der Waals surface area contributed by atoms with Gasteiger partial charge in [-0.3, -0.25) is 33.6 Å². The molecule has 6 atom stereocenters. The smallest absolute Gasteiger partial charge is 0.330 e. The number of carbonyl (C=O) groups excluding carboxylic acids is 9. The zero-order valence-electron chi connectivity index (χ0n) is 52.1. The molecule has 2 bridgehead atoms. The lowest BCUT2D eigenvalue weighted by atomic mass is 9.87. The summed E-state index contributed by atoms with van der Waals surface area (Å²) in [7, 11) is 7.30. The number of hydrogen-bond donors (Lipinski definition) is 2. The third-order valence-electron chi connectivity index (χ3n) is 15.5. The molecule has 0 aromatic heterocycles. The Kier molecular flexibility index (Phi) is 24.4. The van der Waals surface area contributed by atoms with Gasteiger partial charge in [0.25, 0.3) is 11.8 Å². The SMILES string of the molecule is COc1ccc(CC[C@H]2OC(=O)[C@@H]3CCCCN3C(=O)C(=O)C(C)(C)COC(=O)C=CCCN(C)C(=O)[C@H](Cc3ccc(F)cc3)NC(=O)[C@H](COC(C)(C)C)N(C)C(=O)C(c3ccccc3)NC(=O)[C@H](C)N(C)C(=O)COc3cccc2c3)cc1OC. The molecule has 0 spiro atoms. The van der Waals surface area contributed by atoms with Crippen LogP contribution < -0.4 is 24.8 Å². The first kappa shape index (κ1) is 68.5. The number of methoxy groups -OCH3 is 2. The maximum atomic E-state index is 15.0. The van der Waals surface area contributed by atoms with Gasteiger partial charge in [0, 0.05) is 46.7 Å². The van der Waals surface area contributed by atoms with Gasteiger partial charge in [-0.05, 0) is 139 Å². The second-order valence-electron chi connectivity index (χ2n) is 23.6. The highest BCUT2D eigenvalue weighted by molar-refractivity contribution is 6.38. The van der Waals surface area contributed by atoms with Crippen LogP contribution in [0.2, 0.25) is 0 Å². The predicted octanol–water partition coefficient (Wildman–Crippen LogP) is 6.45. The number of halogens is 1. The molecule has 21 nitrogen and oxygen atoms in total. The Hall–Kier alpha value is -8.66. The molecular formula is C66H83FN6O15. The number of ether oxygens (including phenoxy) is 6. The first-order valence-electron chi connectivity index (χ1n) is 29.4. The Labute approximate surface area is 514 Å². The standard InChI is InChI=1S/C66H83FN6O15/c1-42-59(77)69-57(45-20-13-12-14-21-45)62(80)72(9)51(39-87-65(2,3)4)60(78)68-49(36-43-26-30-47(67)31-27-43)61(79)70(7)34-17-16-25-56(75)86-41-66(5,6)58(76)63(81)73-35-18-15-24-50(73)64(82)88-52(32-28-44-29-33-53(83-10)54(37-44)84-11)46-22-19-23-48(38-46)85-40-55(74)71(42)8/h12-14,16,19-23,25-27,29-31,33,37-38,42,49-52,57H,15,17-18,24,28,32,34-36,39-41H2,1-11H3,(H,68,78)(H,69,77)/t42-,49-,50-,51-,52+,57?/m0/s1. The number of hydrogen-bond acceptors (Lipinski definition) is 15. The Morgan fingerprint density at radius 2 is 1.41 bits per heavy atom. The fourth-order valence-corrected chi connectivity index (χ4v) is 9.89. The molecule has 2 heterocycles. The lowest BCUT2D eigenvalue weighted by Gasteiger charge is -2.36. The first-order valence-corrected chi connectivity index (χ1v) is 29.4. The molecule has 6 rings (SSSR count). The Bertz CT molecular complexity index is 3150. The van der Waals surface area contributed by atoms with Gasteiger partial charge in [0.2, 0.25) is 29.4 Å². The van der Waals surface area contributed by atoms with Crippen LogP contribution in [0.4, 0.5) is 4.39 Å². The van der Waals surface area contributed by atoms with Crippen LogP contribution in [0.1, 0.15) is 108 Å². The van der Waals surface area contributed by atoms with Crippen molar-refractivity contribution in [3.8, 4) is 17.2 Å². The van der Waals surface area contributed by atoms with Gasteiger partial charge in [-0.25, -0.2) is 14.0 Å². The number of ketones is 1. The van der Waals surface area contributed by atoms with E-state index in [1.165, 1.54) is 96.3 Å². The van der Waals surface area contributed by atoms with Gasteiger partial charge >= 0.3 is 11.9 Å². The molecule has 1 saturated heterocycles. The molecule has 0 radical (unpaired) electrons. The zero-order chi connectivity index (χ0) is 64.5. The second kappa shape index (κ2) is 31.3. The van der Waals surface area contributed by atoms with Gasteiger partial charge < -0.3 is 58.7 Å². The highest BCUT2D eigenvalue weighted by Gasteiger charge is 2.43. The van der Waals surface area contributed by atoms with Gasteiger partial charge in [0.1, 0.15) is 54.5 Å². The fourth-order valence-electron chi connectivity index (χ4n) is 9.89. The van der Waals surface area contributed by atoms with E-state index in [-0.39, 0.29) is 51.1 Å². The molecule has 1 fully saturated rings. The summed E-state index contributed by atoms with van der Waals surface area (Å²) in [6, 6.07) is 19.3. The number of rotatable bonds is 10. The number of cyclic esters (lactones) is 2. The van der Waals surface area contributed by atoms with Crippen LogP contribution >= 0.6 is 0 Å². The summed E-state index contributed by atoms with van der Waals surface area (Å²) >= 11 is 0. The summed E-state index contributed by atoms with van der Waals surface area (Å²) in [5.74, 6) is -6.19. The molecule has 88 heavy (non-hydrogen) atoms. The van der Waals surface area contributed by atoms with Crippen LogP contribution in [-0.2, 0) is 70.2 Å². The van der Waals surface area contributed by atoms with Crippen molar-refractivity contribution in [1.82, 2.24) is 30.2 Å². The summed E-state index contributed by atoms with van der Waals surface area (Å²) in [6.07, 6.45) is 3.50. The third kappa shape index (κ3) is 18.9. The van der Waals surface area contributed by atoms with Crippen molar-refractivity contribution in [2.24, 2.45) is 5.41 Å². The lowest BCUT2D eigenvalue weighted by Crippen LogP contribution is -2.58. The van der Waals surface area contributed by atoms with E-state index >= 15 is 0 Å². The summed E-state index contributed by atoms with van der Waals surface area (Å²) in [6.45, 7) is 8.37. The van der Waals surface area contributed by atoms with E-state index in [9.17, 15) is 47.5 Å². The van der Waals surface area contributed by atoms with Crippen molar-refractivity contribution in [1.29, 1.82) is 0 Å². The highest BCUT2D eigenvalue weighted by atomic mass is 19.1. The minimum Gasteiger partial charge on any atom is -0.493 e. The van der Waals surface area contributed by atoms with Crippen LogP contribution in [0, 0.1) is 11.2 Å². The number of esters is 2. The van der Waals surface area contributed by atoms with Crippen molar-refractivity contribution in [3.05, 3.63) is 137 Å². The predicted molar refractivity (Wildman–Crippen MR) is 323 cm³/mol. The molecule has 22 heteroatoms. The molecule has 2 aliphatic rings.